The van der Waals surface area contributed by atoms with Crippen LogP contribution in [0.15, 0.2) is 12.3 Å². The molecule has 0 spiro atoms. The van der Waals surface area contributed by atoms with Gasteiger partial charge in [0.1, 0.15) is 7.85 Å². The van der Waals surface area contributed by atoms with E-state index in [-0.39, 0.29) is 5.59 Å². The second-order valence-electron chi connectivity index (χ2n) is 2.42. The predicted octanol–water partition coefficient (Wildman–Crippen LogP) is 1.20. The predicted molar refractivity (Wildman–Crippen MR) is 39.4 cm³/mol. The van der Waals surface area contributed by atoms with Crippen molar-refractivity contribution in [2.24, 2.45) is 0 Å². The van der Waals surface area contributed by atoms with Crippen molar-refractivity contribution in [3.63, 3.8) is 0 Å². The lowest BCUT2D eigenvalue weighted by atomic mass is 9.97. The first kappa shape index (κ1) is 9.10. The Hall–Kier alpha value is -0.995. The van der Waals surface area contributed by atoms with Gasteiger partial charge in [0, 0.05) is 6.20 Å². The van der Waals surface area contributed by atoms with Crippen LogP contribution in [-0.2, 0) is 6.18 Å². The average molecular weight is 171 g/mol. The van der Waals surface area contributed by atoms with Crippen LogP contribution in [0, 0.1) is 6.92 Å². The molecule has 1 nitrogen and oxygen atoms in total. The molecule has 0 saturated carbocycles. The molecule has 0 amide bonds. The molecular weight excluding hydrogens is 166 g/mol. The topological polar surface area (TPSA) is 12.9 Å². The lowest BCUT2D eigenvalue weighted by Crippen LogP contribution is -2.15. The van der Waals surface area contributed by atoms with Gasteiger partial charge in [-0.3, -0.25) is 4.98 Å². The average Bonchev–Trinajstić information content (AvgIpc) is 1.92. The fourth-order valence-electron chi connectivity index (χ4n) is 0.740. The van der Waals surface area contributed by atoms with Gasteiger partial charge in [-0.1, -0.05) is 0 Å². The second-order valence-corrected chi connectivity index (χ2v) is 2.42. The highest BCUT2D eigenvalue weighted by Gasteiger charge is 2.30. The van der Waals surface area contributed by atoms with Crippen molar-refractivity contribution in [1.82, 2.24) is 4.98 Å². The summed E-state index contributed by atoms with van der Waals surface area (Å²) in [5, 5.41) is 0. The molecule has 1 heterocycles. The summed E-state index contributed by atoms with van der Waals surface area (Å²) in [4.78, 5) is 3.40. The summed E-state index contributed by atoms with van der Waals surface area (Å²) >= 11 is 0. The van der Waals surface area contributed by atoms with Crippen LogP contribution in [0.5, 0.6) is 0 Å². The maximum absolute atomic E-state index is 12.0. The van der Waals surface area contributed by atoms with Gasteiger partial charge < -0.3 is 0 Å². The van der Waals surface area contributed by atoms with E-state index in [1.807, 2.05) is 0 Å². The van der Waals surface area contributed by atoms with Crippen molar-refractivity contribution in [2.45, 2.75) is 13.1 Å². The minimum Gasteiger partial charge on any atom is -0.272 e. The van der Waals surface area contributed by atoms with Crippen molar-refractivity contribution in [1.29, 1.82) is 0 Å². The number of aromatic nitrogens is 1. The number of hydrogen-bond donors (Lipinski definition) is 0. The molecule has 12 heavy (non-hydrogen) atoms. The van der Waals surface area contributed by atoms with E-state index in [0.717, 1.165) is 12.3 Å². The van der Waals surface area contributed by atoms with Crippen molar-refractivity contribution in [3.8, 4) is 0 Å². The molecule has 62 valence electrons. The largest absolute Gasteiger partial charge is 0.417 e. The minimum atomic E-state index is -4.34. The van der Waals surface area contributed by atoms with Crippen LogP contribution in [-0.4, -0.2) is 12.8 Å². The highest BCUT2D eigenvalue weighted by Crippen LogP contribution is 2.28. The zero-order valence-electron chi connectivity index (χ0n) is 6.31. The van der Waals surface area contributed by atoms with Crippen LogP contribution in [0.3, 0.4) is 0 Å². The summed E-state index contributed by atoms with van der Waals surface area (Å²) in [6.45, 7) is 1.48. The Labute approximate surface area is 69.0 Å². The van der Waals surface area contributed by atoms with Crippen molar-refractivity contribution < 1.29 is 13.2 Å². The quantitative estimate of drug-likeness (QED) is 0.534. The Balaban J connectivity index is 3.14. The second kappa shape index (κ2) is 2.81. The molecule has 0 unspecified atom stereocenters. The fraction of sp³-hybridized carbons (Fsp3) is 0.286. The summed E-state index contributed by atoms with van der Waals surface area (Å²) in [6.07, 6.45) is -3.62. The van der Waals surface area contributed by atoms with Crippen LogP contribution >= 0.6 is 0 Å². The Kier molecular flexibility index (Phi) is 2.13. The maximum atomic E-state index is 12.0. The lowest BCUT2D eigenvalue weighted by molar-refractivity contribution is -0.137. The Morgan fingerprint density at radius 1 is 1.42 bits per heavy atom. The summed E-state index contributed by atoms with van der Waals surface area (Å²) in [6, 6.07) is 0.975. The van der Waals surface area contributed by atoms with E-state index < -0.39 is 11.7 Å². The van der Waals surface area contributed by atoms with Gasteiger partial charge in [-0.2, -0.15) is 13.2 Å². The van der Waals surface area contributed by atoms with Gasteiger partial charge >= 0.3 is 6.18 Å². The van der Waals surface area contributed by atoms with Crippen LogP contribution in [0.25, 0.3) is 0 Å². The molecule has 0 bridgehead atoms. The lowest BCUT2D eigenvalue weighted by Gasteiger charge is -2.07. The number of aryl methyl sites for hydroxylation is 1. The smallest absolute Gasteiger partial charge is 0.272 e. The molecule has 0 fully saturated rings. The first-order valence-electron chi connectivity index (χ1n) is 3.20. The SMILES string of the molecule is [B]c1ncc(C(F)(F)F)cc1C. The summed E-state index contributed by atoms with van der Waals surface area (Å²) in [7, 11) is 5.25. The molecule has 0 saturated heterocycles. The summed E-state index contributed by atoms with van der Waals surface area (Å²) < 4.78 is 36.1. The third-order valence-electron chi connectivity index (χ3n) is 1.45. The number of halogens is 3. The zero-order chi connectivity index (χ0) is 9.35. The van der Waals surface area contributed by atoms with E-state index in [1.54, 1.807) is 0 Å². The number of alkyl halides is 3. The molecule has 2 radical (unpaired) electrons. The number of pyridine rings is 1. The Morgan fingerprint density at radius 3 is 2.42 bits per heavy atom. The molecule has 0 aliphatic carbocycles. The van der Waals surface area contributed by atoms with E-state index in [1.165, 1.54) is 6.92 Å². The van der Waals surface area contributed by atoms with Gasteiger partial charge in [0.2, 0.25) is 0 Å². The van der Waals surface area contributed by atoms with Crippen LogP contribution in [0.1, 0.15) is 11.1 Å². The highest BCUT2D eigenvalue weighted by atomic mass is 19.4. The van der Waals surface area contributed by atoms with E-state index in [9.17, 15) is 13.2 Å². The standard InChI is InChI=1S/C7H5BF3N/c1-4-2-5(7(9,10)11)3-12-6(4)8/h2-3H,1H3. The molecule has 1 aromatic rings. The van der Waals surface area contributed by atoms with Gasteiger partial charge in [-0.25, -0.2) is 0 Å². The van der Waals surface area contributed by atoms with E-state index in [4.69, 9.17) is 7.85 Å². The minimum absolute atomic E-state index is 0.128. The van der Waals surface area contributed by atoms with E-state index >= 15 is 0 Å². The van der Waals surface area contributed by atoms with Gasteiger partial charge in [-0.15, -0.1) is 0 Å². The maximum Gasteiger partial charge on any atom is 0.417 e. The molecule has 0 atom stereocenters. The Bertz CT molecular complexity index is 295. The summed E-state index contributed by atoms with van der Waals surface area (Å²) in [5.74, 6) is 0. The van der Waals surface area contributed by atoms with E-state index in [2.05, 4.69) is 4.98 Å². The molecule has 0 aliphatic heterocycles. The van der Waals surface area contributed by atoms with Crippen molar-refractivity contribution in [3.05, 3.63) is 23.4 Å². The third-order valence-corrected chi connectivity index (χ3v) is 1.45. The number of rotatable bonds is 0. The monoisotopic (exact) mass is 171 g/mol. The molecule has 0 aliphatic rings. The molecule has 0 N–H and O–H groups in total. The van der Waals surface area contributed by atoms with Gasteiger partial charge in [0.25, 0.3) is 0 Å². The van der Waals surface area contributed by atoms with Crippen LogP contribution in [0.2, 0.25) is 0 Å². The van der Waals surface area contributed by atoms with Gasteiger partial charge in [-0.05, 0) is 24.1 Å². The highest BCUT2D eigenvalue weighted by molar-refractivity contribution is 6.31. The Morgan fingerprint density at radius 2 is 2.00 bits per heavy atom. The first-order valence-corrected chi connectivity index (χ1v) is 3.20. The number of nitrogens with zero attached hydrogens (tertiary/aromatic N) is 1. The molecule has 5 heteroatoms. The van der Waals surface area contributed by atoms with E-state index in [0.29, 0.717) is 5.56 Å². The molecule has 0 aromatic carbocycles. The molecular formula is C7H5BF3N. The van der Waals surface area contributed by atoms with Crippen LogP contribution < -0.4 is 5.59 Å². The zero-order valence-corrected chi connectivity index (χ0v) is 6.31. The number of hydrogen-bond acceptors (Lipinski definition) is 1. The van der Waals surface area contributed by atoms with Crippen LogP contribution in [0.4, 0.5) is 13.2 Å². The first-order chi connectivity index (χ1) is 5.41. The molecule has 1 aromatic heterocycles. The van der Waals surface area contributed by atoms with Crippen molar-refractivity contribution in [2.75, 3.05) is 0 Å². The molecule has 1 rings (SSSR count). The normalized spacial score (nSPS) is 11.7. The van der Waals surface area contributed by atoms with Crippen molar-refractivity contribution >= 4 is 13.4 Å². The fourth-order valence-corrected chi connectivity index (χ4v) is 0.740. The third kappa shape index (κ3) is 1.78. The van der Waals surface area contributed by atoms with Gasteiger partial charge in [0.15, 0.2) is 0 Å². The summed E-state index contributed by atoms with van der Waals surface area (Å²) in [5.41, 5.74) is -0.304. The van der Waals surface area contributed by atoms with Gasteiger partial charge in [0.05, 0.1) is 5.56 Å².